The molecule has 1 heterocycles. The molecular formula is C25H26N2O3S. The molecule has 0 radical (unpaired) electrons. The van der Waals surface area contributed by atoms with Crippen molar-refractivity contribution in [2.75, 3.05) is 11.0 Å². The SMILES string of the molecule is CC1(C)CCc2c(-c3ccc[nH]c3=O)cc(C=Cc3ccc(NS(C)(=O)=O)cc3)cc21. The van der Waals surface area contributed by atoms with Gasteiger partial charge < -0.3 is 4.98 Å². The van der Waals surface area contributed by atoms with Crippen LogP contribution in [0.5, 0.6) is 0 Å². The summed E-state index contributed by atoms with van der Waals surface area (Å²) in [6, 6.07) is 15.2. The highest BCUT2D eigenvalue weighted by molar-refractivity contribution is 7.92. The molecule has 2 N–H and O–H groups in total. The van der Waals surface area contributed by atoms with Gasteiger partial charge in [0.1, 0.15) is 0 Å². The zero-order chi connectivity index (χ0) is 22.2. The number of sulfonamides is 1. The van der Waals surface area contributed by atoms with Crippen LogP contribution in [0.1, 0.15) is 42.5 Å². The summed E-state index contributed by atoms with van der Waals surface area (Å²) in [5, 5.41) is 0. The van der Waals surface area contributed by atoms with Gasteiger partial charge in [-0.1, -0.05) is 44.2 Å². The van der Waals surface area contributed by atoms with Crippen molar-refractivity contribution in [1.29, 1.82) is 0 Å². The maximum absolute atomic E-state index is 12.5. The van der Waals surface area contributed by atoms with E-state index in [1.54, 1.807) is 18.3 Å². The van der Waals surface area contributed by atoms with Crippen molar-refractivity contribution in [3.05, 3.63) is 87.3 Å². The van der Waals surface area contributed by atoms with Crippen molar-refractivity contribution < 1.29 is 8.42 Å². The molecule has 0 saturated heterocycles. The number of pyridine rings is 1. The van der Waals surface area contributed by atoms with Gasteiger partial charge in [0.15, 0.2) is 0 Å². The van der Waals surface area contributed by atoms with E-state index in [0.717, 1.165) is 35.8 Å². The summed E-state index contributed by atoms with van der Waals surface area (Å²) in [4.78, 5) is 15.3. The first-order chi connectivity index (χ1) is 14.6. The zero-order valence-electron chi connectivity index (χ0n) is 17.9. The lowest BCUT2D eigenvalue weighted by Gasteiger charge is -2.20. The van der Waals surface area contributed by atoms with Crippen molar-refractivity contribution in [2.24, 2.45) is 0 Å². The van der Waals surface area contributed by atoms with E-state index in [4.69, 9.17) is 0 Å². The number of hydrogen-bond donors (Lipinski definition) is 2. The van der Waals surface area contributed by atoms with E-state index in [9.17, 15) is 13.2 Å². The monoisotopic (exact) mass is 434 g/mol. The molecule has 160 valence electrons. The van der Waals surface area contributed by atoms with Crippen LogP contribution in [0.2, 0.25) is 0 Å². The molecule has 2 aromatic carbocycles. The van der Waals surface area contributed by atoms with Crippen LogP contribution in [-0.4, -0.2) is 19.7 Å². The summed E-state index contributed by atoms with van der Waals surface area (Å²) in [5.41, 5.74) is 6.75. The molecule has 1 aliphatic rings. The largest absolute Gasteiger partial charge is 0.329 e. The van der Waals surface area contributed by atoms with Crippen LogP contribution in [0.15, 0.2) is 59.5 Å². The van der Waals surface area contributed by atoms with Crippen molar-refractivity contribution in [1.82, 2.24) is 4.98 Å². The molecule has 0 saturated carbocycles. The van der Waals surface area contributed by atoms with Gasteiger partial charge in [0.05, 0.1) is 6.26 Å². The highest BCUT2D eigenvalue weighted by Gasteiger charge is 2.32. The first kappa shape index (κ1) is 21.1. The van der Waals surface area contributed by atoms with Gasteiger partial charge in [-0.3, -0.25) is 9.52 Å². The molecule has 0 unspecified atom stereocenters. The Labute approximate surface area is 182 Å². The first-order valence-corrected chi connectivity index (χ1v) is 12.1. The second kappa shape index (κ2) is 7.85. The third kappa shape index (κ3) is 4.64. The topological polar surface area (TPSA) is 79.0 Å². The Morgan fingerprint density at radius 2 is 1.71 bits per heavy atom. The van der Waals surface area contributed by atoms with Gasteiger partial charge in [-0.25, -0.2) is 8.42 Å². The molecule has 0 bridgehead atoms. The van der Waals surface area contributed by atoms with Crippen molar-refractivity contribution >= 4 is 27.9 Å². The number of hydrogen-bond acceptors (Lipinski definition) is 3. The Hall–Kier alpha value is -3.12. The first-order valence-electron chi connectivity index (χ1n) is 10.2. The van der Waals surface area contributed by atoms with Crippen molar-refractivity contribution in [3.8, 4) is 11.1 Å². The van der Waals surface area contributed by atoms with Crippen LogP contribution in [0.3, 0.4) is 0 Å². The predicted octanol–water partition coefficient (Wildman–Crippen LogP) is 4.81. The fraction of sp³-hybridized carbons (Fsp3) is 0.240. The number of nitrogens with one attached hydrogen (secondary N) is 2. The van der Waals surface area contributed by atoms with E-state index < -0.39 is 10.0 Å². The normalized spacial score (nSPS) is 15.2. The summed E-state index contributed by atoms with van der Waals surface area (Å²) in [6.07, 6.45) is 8.83. The Bertz CT molecular complexity index is 1320. The Balaban J connectivity index is 1.72. The van der Waals surface area contributed by atoms with Gasteiger partial charge in [0, 0.05) is 17.4 Å². The number of benzene rings is 2. The molecule has 5 nitrogen and oxygen atoms in total. The lowest BCUT2D eigenvalue weighted by atomic mass is 9.84. The lowest BCUT2D eigenvalue weighted by molar-refractivity contribution is 0.522. The number of rotatable bonds is 5. The molecule has 0 fully saturated rings. The van der Waals surface area contributed by atoms with Crippen LogP contribution >= 0.6 is 0 Å². The fourth-order valence-electron chi connectivity index (χ4n) is 4.18. The van der Waals surface area contributed by atoms with Gasteiger partial charge in [-0.2, -0.15) is 0 Å². The number of aromatic amines is 1. The van der Waals surface area contributed by atoms with Gasteiger partial charge >= 0.3 is 0 Å². The van der Waals surface area contributed by atoms with E-state index in [2.05, 4.69) is 35.7 Å². The zero-order valence-corrected chi connectivity index (χ0v) is 18.7. The average Bonchev–Trinajstić information content (AvgIpc) is 3.01. The number of fused-ring (bicyclic) bond motifs is 1. The molecule has 4 rings (SSSR count). The lowest BCUT2D eigenvalue weighted by Crippen LogP contribution is -2.13. The maximum Gasteiger partial charge on any atom is 0.255 e. The molecule has 3 aromatic rings. The molecule has 0 atom stereocenters. The molecular weight excluding hydrogens is 408 g/mol. The minimum atomic E-state index is -3.29. The summed E-state index contributed by atoms with van der Waals surface area (Å²) in [7, 11) is -3.29. The number of anilines is 1. The minimum absolute atomic E-state index is 0.0639. The minimum Gasteiger partial charge on any atom is -0.329 e. The number of H-pyrrole nitrogens is 1. The van der Waals surface area contributed by atoms with E-state index in [1.165, 1.54) is 11.1 Å². The summed E-state index contributed by atoms with van der Waals surface area (Å²) in [5.74, 6) is 0. The van der Waals surface area contributed by atoms with Crippen molar-refractivity contribution in [2.45, 2.75) is 32.1 Å². The highest BCUT2D eigenvalue weighted by Crippen LogP contribution is 2.43. The van der Waals surface area contributed by atoms with Crippen LogP contribution < -0.4 is 10.3 Å². The fourth-order valence-corrected chi connectivity index (χ4v) is 4.74. The smallest absolute Gasteiger partial charge is 0.255 e. The molecule has 6 heteroatoms. The third-order valence-electron chi connectivity index (χ3n) is 5.79. The maximum atomic E-state index is 12.5. The Morgan fingerprint density at radius 1 is 1.00 bits per heavy atom. The third-order valence-corrected chi connectivity index (χ3v) is 6.40. The highest BCUT2D eigenvalue weighted by atomic mass is 32.2. The second-order valence-electron chi connectivity index (χ2n) is 8.72. The molecule has 0 aliphatic heterocycles. The Morgan fingerprint density at radius 3 is 2.39 bits per heavy atom. The molecule has 1 aliphatic carbocycles. The molecule has 0 spiro atoms. The van der Waals surface area contributed by atoms with Crippen LogP contribution in [-0.2, 0) is 21.9 Å². The predicted molar refractivity (Wildman–Crippen MR) is 128 cm³/mol. The summed E-state index contributed by atoms with van der Waals surface area (Å²) >= 11 is 0. The van der Waals surface area contributed by atoms with Crippen LogP contribution in [0, 0.1) is 0 Å². The van der Waals surface area contributed by atoms with Crippen LogP contribution in [0.4, 0.5) is 5.69 Å². The second-order valence-corrected chi connectivity index (χ2v) is 10.5. The van der Waals surface area contributed by atoms with E-state index in [1.807, 2.05) is 36.4 Å². The van der Waals surface area contributed by atoms with Crippen LogP contribution in [0.25, 0.3) is 23.3 Å². The molecule has 0 amide bonds. The summed E-state index contributed by atoms with van der Waals surface area (Å²) < 4.78 is 25.2. The van der Waals surface area contributed by atoms with E-state index in [0.29, 0.717) is 11.3 Å². The summed E-state index contributed by atoms with van der Waals surface area (Å²) in [6.45, 7) is 4.50. The standard InChI is InChI=1S/C25H26N2O3S/c1-25(2)13-12-20-22(21-5-4-14-26-24(21)28)15-18(16-23(20)25)7-6-17-8-10-19(11-9-17)27-31(3,29)30/h4-11,14-16,27H,12-13H2,1-3H3,(H,26,28). The van der Waals surface area contributed by atoms with E-state index >= 15 is 0 Å². The van der Waals surface area contributed by atoms with Gasteiger partial charge in [-0.05, 0) is 76.4 Å². The molecule has 31 heavy (non-hydrogen) atoms. The quantitative estimate of drug-likeness (QED) is 0.566. The van der Waals surface area contributed by atoms with Gasteiger partial charge in [-0.15, -0.1) is 0 Å². The van der Waals surface area contributed by atoms with E-state index in [-0.39, 0.29) is 11.0 Å². The average molecular weight is 435 g/mol. The van der Waals surface area contributed by atoms with Gasteiger partial charge in [0.2, 0.25) is 10.0 Å². The van der Waals surface area contributed by atoms with Gasteiger partial charge in [0.25, 0.3) is 5.56 Å². The molecule has 1 aromatic heterocycles. The van der Waals surface area contributed by atoms with Crippen molar-refractivity contribution in [3.63, 3.8) is 0 Å². The number of aromatic nitrogens is 1. The Kier molecular flexibility index (Phi) is 5.35.